The summed E-state index contributed by atoms with van der Waals surface area (Å²) in [4.78, 5) is 18.9. The van der Waals surface area contributed by atoms with E-state index in [-0.39, 0.29) is 11.9 Å². The Morgan fingerprint density at radius 1 is 1.03 bits per heavy atom. The lowest BCUT2D eigenvalue weighted by atomic mass is 10.0. The number of nitrogens with one attached hydrogen (secondary N) is 3. The van der Waals surface area contributed by atoms with Crippen LogP contribution in [0.5, 0.6) is 5.75 Å². The lowest BCUT2D eigenvalue weighted by Gasteiger charge is -2.35. The molecule has 2 aromatic carbocycles. The van der Waals surface area contributed by atoms with Crippen molar-refractivity contribution < 1.29 is 14.3 Å². The van der Waals surface area contributed by atoms with E-state index in [1.807, 2.05) is 30.3 Å². The van der Waals surface area contributed by atoms with Crippen LogP contribution in [0.3, 0.4) is 0 Å². The average molecular weight is 440 g/mol. The summed E-state index contributed by atoms with van der Waals surface area (Å²) >= 11 is 0. The minimum atomic E-state index is -0.0813. The molecule has 172 valence electrons. The van der Waals surface area contributed by atoms with Crippen molar-refractivity contribution in [1.29, 1.82) is 0 Å². The number of guanidine groups is 1. The summed E-state index contributed by atoms with van der Waals surface area (Å²) in [5.74, 6) is 1.46. The van der Waals surface area contributed by atoms with Gasteiger partial charge >= 0.3 is 0 Å². The maximum absolute atomic E-state index is 12.1. The molecule has 1 unspecified atom stereocenters. The van der Waals surface area contributed by atoms with Crippen LogP contribution in [0.15, 0.2) is 59.6 Å². The van der Waals surface area contributed by atoms with E-state index in [0.29, 0.717) is 31.2 Å². The Bertz CT molecular complexity index is 852. The number of carbonyl (C=O) groups excluding carboxylic acids is 1. The molecular weight excluding hydrogens is 406 g/mol. The normalized spacial score (nSPS) is 15.6. The standard InChI is InChI=1S/C24H33N5O3/c1-25-24(27-13-12-26-23(30)20-6-4-3-5-7-20)28-18-22(29-14-16-32-17-15-29)19-8-10-21(31-2)11-9-19/h3-11,22H,12-18H2,1-2H3,(H,26,30)(H2,25,27,28). The van der Waals surface area contributed by atoms with E-state index in [1.165, 1.54) is 5.56 Å². The Morgan fingerprint density at radius 3 is 2.38 bits per heavy atom. The van der Waals surface area contributed by atoms with Gasteiger partial charge in [0, 0.05) is 45.3 Å². The molecule has 8 nitrogen and oxygen atoms in total. The summed E-state index contributed by atoms with van der Waals surface area (Å²) in [6.07, 6.45) is 0. The second-order valence-electron chi connectivity index (χ2n) is 7.44. The van der Waals surface area contributed by atoms with E-state index in [1.54, 1.807) is 26.3 Å². The van der Waals surface area contributed by atoms with Crippen LogP contribution in [0.4, 0.5) is 0 Å². The van der Waals surface area contributed by atoms with Crippen molar-refractivity contribution >= 4 is 11.9 Å². The van der Waals surface area contributed by atoms with Crippen LogP contribution in [-0.4, -0.2) is 76.9 Å². The molecule has 1 heterocycles. The molecule has 0 bridgehead atoms. The van der Waals surface area contributed by atoms with Crippen molar-refractivity contribution in [2.75, 3.05) is 60.1 Å². The number of amides is 1. The molecule has 0 saturated carbocycles. The SMILES string of the molecule is CN=C(NCCNC(=O)c1ccccc1)NCC(c1ccc(OC)cc1)N1CCOCC1. The molecule has 0 aliphatic carbocycles. The number of benzene rings is 2. The first-order chi connectivity index (χ1) is 15.7. The molecule has 8 heteroatoms. The first kappa shape index (κ1) is 23.6. The third-order valence-electron chi connectivity index (χ3n) is 5.41. The molecule has 1 aliphatic heterocycles. The predicted molar refractivity (Wildman–Crippen MR) is 126 cm³/mol. The topological polar surface area (TPSA) is 87.2 Å². The van der Waals surface area contributed by atoms with Crippen LogP contribution < -0.4 is 20.7 Å². The Hall–Kier alpha value is -3.10. The van der Waals surface area contributed by atoms with Gasteiger partial charge in [0.15, 0.2) is 5.96 Å². The zero-order chi connectivity index (χ0) is 22.6. The Morgan fingerprint density at radius 2 is 1.72 bits per heavy atom. The van der Waals surface area contributed by atoms with Crippen molar-refractivity contribution in [2.45, 2.75) is 6.04 Å². The highest BCUT2D eigenvalue weighted by Crippen LogP contribution is 2.23. The lowest BCUT2D eigenvalue weighted by molar-refractivity contribution is 0.0170. The number of carbonyl (C=O) groups is 1. The van der Waals surface area contributed by atoms with Gasteiger partial charge in [-0.05, 0) is 29.8 Å². The van der Waals surface area contributed by atoms with Crippen molar-refractivity contribution in [1.82, 2.24) is 20.9 Å². The number of hydrogen-bond acceptors (Lipinski definition) is 5. The fourth-order valence-corrected chi connectivity index (χ4v) is 3.64. The van der Waals surface area contributed by atoms with Crippen LogP contribution >= 0.6 is 0 Å². The van der Waals surface area contributed by atoms with Gasteiger partial charge in [-0.3, -0.25) is 14.7 Å². The number of rotatable bonds is 9. The van der Waals surface area contributed by atoms with Gasteiger partial charge in [0.2, 0.25) is 0 Å². The Kier molecular flexibility index (Phi) is 9.34. The fourth-order valence-electron chi connectivity index (χ4n) is 3.64. The largest absolute Gasteiger partial charge is 0.497 e. The molecule has 3 rings (SSSR count). The highest BCUT2D eigenvalue weighted by Gasteiger charge is 2.23. The van der Waals surface area contributed by atoms with Crippen molar-refractivity contribution in [2.24, 2.45) is 4.99 Å². The van der Waals surface area contributed by atoms with Gasteiger partial charge in [0.05, 0.1) is 26.4 Å². The monoisotopic (exact) mass is 439 g/mol. The maximum atomic E-state index is 12.1. The lowest BCUT2D eigenvalue weighted by Crippen LogP contribution is -2.47. The van der Waals surface area contributed by atoms with Gasteiger partial charge in [-0.1, -0.05) is 30.3 Å². The first-order valence-electron chi connectivity index (χ1n) is 10.9. The third kappa shape index (κ3) is 6.96. The molecule has 0 radical (unpaired) electrons. The molecule has 1 fully saturated rings. The van der Waals surface area contributed by atoms with Gasteiger partial charge in [0.25, 0.3) is 5.91 Å². The second kappa shape index (κ2) is 12.7. The van der Waals surface area contributed by atoms with E-state index >= 15 is 0 Å². The summed E-state index contributed by atoms with van der Waals surface area (Å²) in [5.41, 5.74) is 1.87. The van der Waals surface area contributed by atoms with Crippen LogP contribution in [0.2, 0.25) is 0 Å². The number of hydrogen-bond donors (Lipinski definition) is 3. The van der Waals surface area contributed by atoms with Gasteiger partial charge < -0.3 is 25.4 Å². The number of methoxy groups -OCH3 is 1. The average Bonchev–Trinajstić information content (AvgIpc) is 2.86. The summed E-state index contributed by atoms with van der Waals surface area (Å²) < 4.78 is 10.8. The number of morpholine rings is 1. The summed E-state index contributed by atoms with van der Waals surface area (Å²) in [5, 5.41) is 9.60. The zero-order valence-electron chi connectivity index (χ0n) is 18.8. The summed E-state index contributed by atoms with van der Waals surface area (Å²) in [7, 11) is 3.42. The fraction of sp³-hybridized carbons (Fsp3) is 0.417. The molecule has 2 aromatic rings. The second-order valence-corrected chi connectivity index (χ2v) is 7.44. The number of aliphatic imine (C=N–C) groups is 1. The van der Waals surface area contributed by atoms with Crippen LogP contribution in [0.25, 0.3) is 0 Å². The quantitative estimate of drug-likeness (QED) is 0.313. The van der Waals surface area contributed by atoms with Crippen LogP contribution in [0, 0.1) is 0 Å². The van der Waals surface area contributed by atoms with E-state index in [9.17, 15) is 4.79 Å². The highest BCUT2D eigenvalue weighted by atomic mass is 16.5. The van der Waals surface area contributed by atoms with Crippen LogP contribution in [0.1, 0.15) is 22.0 Å². The molecule has 1 aliphatic rings. The number of ether oxygens (including phenoxy) is 2. The number of nitrogens with zero attached hydrogens (tertiary/aromatic N) is 2. The first-order valence-corrected chi connectivity index (χ1v) is 10.9. The maximum Gasteiger partial charge on any atom is 0.251 e. The molecule has 1 saturated heterocycles. The highest BCUT2D eigenvalue weighted by molar-refractivity contribution is 5.94. The van der Waals surface area contributed by atoms with E-state index in [0.717, 1.165) is 32.1 Å². The smallest absolute Gasteiger partial charge is 0.251 e. The van der Waals surface area contributed by atoms with Crippen LogP contribution in [-0.2, 0) is 4.74 Å². The molecule has 1 amide bonds. The minimum Gasteiger partial charge on any atom is -0.497 e. The molecular formula is C24H33N5O3. The molecule has 1 atom stereocenters. The Labute approximate surface area is 190 Å². The van der Waals surface area contributed by atoms with Gasteiger partial charge in [-0.25, -0.2) is 0 Å². The van der Waals surface area contributed by atoms with E-state index < -0.39 is 0 Å². The van der Waals surface area contributed by atoms with E-state index in [2.05, 4.69) is 38.0 Å². The predicted octanol–water partition coefficient (Wildman–Crippen LogP) is 1.66. The van der Waals surface area contributed by atoms with Crippen molar-refractivity contribution in [3.8, 4) is 5.75 Å². The molecule has 32 heavy (non-hydrogen) atoms. The zero-order valence-corrected chi connectivity index (χ0v) is 18.8. The third-order valence-corrected chi connectivity index (χ3v) is 5.41. The van der Waals surface area contributed by atoms with E-state index in [4.69, 9.17) is 9.47 Å². The Balaban J connectivity index is 1.51. The molecule has 3 N–H and O–H groups in total. The summed E-state index contributed by atoms with van der Waals surface area (Å²) in [6, 6.07) is 17.6. The van der Waals surface area contributed by atoms with Gasteiger partial charge in [-0.15, -0.1) is 0 Å². The summed E-state index contributed by atoms with van der Waals surface area (Å²) in [6.45, 7) is 5.01. The van der Waals surface area contributed by atoms with Gasteiger partial charge in [-0.2, -0.15) is 0 Å². The molecule has 0 spiro atoms. The minimum absolute atomic E-state index is 0.0813. The van der Waals surface area contributed by atoms with Crippen molar-refractivity contribution in [3.05, 3.63) is 65.7 Å². The van der Waals surface area contributed by atoms with Gasteiger partial charge in [0.1, 0.15) is 5.75 Å². The molecule has 0 aromatic heterocycles. The van der Waals surface area contributed by atoms with Crippen molar-refractivity contribution in [3.63, 3.8) is 0 Å².